The largest absolute Gasteiger partial charge is 0.368 e. The Hall–Kier alpha value is -0.0800. The van der Waals surface area contributed by atoms with Crippen molar-refractivity contribution in [2.75, 3.05) is 6.54 Å². The molecule has 114 valence electrons. The molecular weight excluding hydrogens is 234 g/mol. The normalized spacial score (nSPS) is 28.9. The Labute approximate surface area is 120 Å². The third kappa shape index (κ3) is 6.27. The Morgan fingerprint density at radius 1 is 1.21 bits per heavy atom. The summed E-state index contributed by atoms with van der Waals surface area (Å²) in [5, 5.41) is 3.60. The van der Waals surface area contributed by atoms with Gasteiger partial charge in [0.05, 0.1) is 11.2 Å². The van der Waals surface area contributed by atoms with Crippen molar-refractivity contribution in [3.8, 4) is 0 Å². The van der Waals surface area contributed by atoms with E-state index in [4.69, 9.17) is 4.74 Å². The predicted molar refractivity (Wildman–Crippen MR) is 83.6 cm³/mol. The molecule has 0 amide bonds. The van der Waals surface area contributed by atoms with E-state index in [9.17, 15) is 0 Å². The maximum absolute atomic E-state index is 6.48. The molecule has 1 saturated carbocycles. The van der Waals surface area contributed by atoms with Gasteiger partial charge in [0.2, 0.25) is 0 Å². The molecule has 0 spiro atoms. The average molecular weight is 269 g/mol. The zero-order valence-electron chi connectivity index (χ0n) is 14.0. The van der Waals surface area contributed by atoms with Gasteiger partial charge in [-0.3, -0.25) is 0 Å². The highest BCUT2D eigenvalue weighted by atomic mass is 16.5. The molecule has 1 aliphatic carbocycles. The molecule has 2 heteroatoms. The van der Waals surface area contributed by atoms with E-state index in [1.807, 2.05) is 0 Å². The highest BCUT2D eigenvalue weighted by Gasteiger charge is 2.38. The first-order valence-electron chi connectivity index (χ1n) is 8.20. The Balaban J connectivity index is 2.61. The van der Waals surface area contributed by atoms with Crippen LogP contribution in [0.1, 0.15) is 80.1 Å². The lowest BCUT2D eigenvalue weighted by atomic mass is 9.76. The van der Waals surface area contributed by atoms with E-state index >= 15 is 0 Å². The smallest absolute Gasteiger partial charge is 0.0813 e. The molecule has 0 aromatic rings. The highest BCUT2D eigenvalue weighted by molar-refractivity contribution is 4.91. The summed E-state index contributed by atoms with van der Waals surface area (Å²) in [4.78, 5) is 0. The standard InChI is InChI=1S/C17H35NO/c1-7-8-15-9-11-17(12-10-15,13-18-14(2)3)19-16(4,5)6/h14-15,18H,7-13H2,1-6H3. The van der Waals surface area contributed by atoms with Crippen LogP contribution in [0.3, 0.4) is 0 Å². The molecule has 2 nitrogen and oxygen atoms in total. The molecule has 0 atom stereocenters. The van der Waals surface area contributed by atoms with Crippen LogP contribution in [0.4, 0.5) is 0 Å². The zero-order chi connectivity index (χ0) is 14.5. The van der Waals surface area contributed by atoms with Gasteiger partial charge in [-0.1, -0.05) is 33.6 Å². The van der Waals surface area contributed by atoms with Crippen LogP contribution in [0.5, 0.6) is 0 Å². The van der Waals surface area contributed by atoms with Crippen LogP contribution in [0.15, 0.2) is 0 Å². The summed E-state index contributed by atoms with van der Waals surface area (Å²) in [5.41, 5.74) is 0.0169. The average Bonchev–Trinajstić information content (AvgIpc) is 2.28. The van der Waals surface area contributed by atoms with Gasteiger partial charge >= 0.3 is 0 Å². The van der Waals surface area contributed by atoms with Crippen molar-refractivity contribution in [3.05, 3.63) is 0 Å². The van der Waals surface area contributed by atoms with Gasteiger partial charge in [-0.05, 0) is 52.4 Å². The van der Waals surface area contributed by atoms with E-state index in [-0.39, 0.29) is 11.2 Å². The van der Waals surface area contributed by atoms with Crippen LogP contribution in [0, 0.1) is 5.92 Å². The lowest BCUT2D eigenvalue weighted by Crippen LogP contribution is -2.51. The van der Waals surface area contributed by atoms with Crippen molar-refractivity contribution in [2.24, 2.45) is 5.92 Å². The Morgan fingerprint density at radius 2 is 1.79 bits per heavy atom. The van der Waals surface area contributed by atoms with Gasteiger partial charge in [-0.25, -0.2) is 0 Å². The van der Waals surface area contributed by atoms with Crippen LogP contribution < -0.4 is 5.32 Å². The maximum Gasteiger partial charge on any atom is 0.0813 e. The molecule has 1 aliphatic rings. The maximum atomic E-state index is 6.48. The number of hydrogen-bond acceptors (Lipinski definition) is 2. The zero-order valence-corrected chi connectivity index (χ0v) is 14.0. The van der Waals surface area contributed by atoms with Gasteiger partial charge in [0.1, 0.15) is 0 Å². The molecule has 0 aromatic heterocycles. The van der Waals surface area contributed by atoms with Crippen molar-refractivity contribution in [3.63, 3.8) is 0 Å². The molecule has 0 saturated heterocycles. The third-order valence-electron chi connectivity index (χ3n) is 4.07. The topological polar surface area (TPSA) is 21.3 Å². The first-order valence-corrected chi connectivity index (χ1v) is 8.20. The molecule has 1 N–H and O–H groups in total. The van der Waals surface area contributed by atoms with E-state index in [0.29, 0.717) is 6.04 Å². The second-order valence-electron chi connectivity index (χ2n) is 7.67. The Morgan fingerprint density at radius 3 is 2.21 bits per heavy atom. The minimum atomic E-state index is -0.0454. The van der Waals surface area contributed by atoms with Gasteiger partial charge < -0.3 is 10.1 Å². The Bertz CT molecular complexity index is 246. The van der Waals surface area contributed by atoms with Gasteiger partial charge in [0.25, 0.3) is 0 Å². The molecule has 0 radical (unpaired) electrons. The van der Waals surface area contributed by atoms with E-state index < -0.39 is 0 Å². The summed E-state index contributed by atoms with van der Waals surface area (Å²) in [6.07, 6.45) is 7.82. The predicted octanol–water partition coefficient (Wildman–Crippen LogP) is 4.53. The van der Waals surface area contributed by atoms with Crippen molar-refractivity contribution >= 4 is 0 Å². The van der Waals surface area contributed by atoms with Crippen molar-refractivity contribution in [1.29, 1.82) is 0 Å². The van der Waals surface area contributed by atoms with Gasteiger partial charge in [-0.2, -0.15) is 0 Å². The summed E-state index contributed by atoms with van der Waals surface area (Å²) in [6, 6.07) is 0.536. The quantitative estimate of drug-likeness (QED) is 0.765. The summed E-state index contributed by atoms with van der Waals surface area (Å²) >= 11 is 0. The molecular formula is C17H35NO. The first-order chi connectivity index (χ1) is 8.76. The fourth-order valence-corrected chi connectivity index (χ4v) is 3.26. The summed E-state index contributed by atoms with van der Waals surface area (Å²) in [6.45, 7) is 14.3. The fourth-order valence-electron chi connectivity index (χ4n) is 3.26. The number of nitrogens with one attached hydrogen (secondary N) is 1. The third-order valence-corrected chi connectivity index (χ3v) is 4.07. The molecule has 1 fully saturated rings. The lowest BCUT2D eigenvalue weighted by molar-refractivity contribution is -0.151. The van der Waals surface area contributed by atoms with Crippen LogP contribution in [-0.2, 0) is 4.74 Å². The van der Waals surface area contributed by atoms with Crippen LogP contribution in [0.25, 0.3) is 0 Å². The summed E-state index contributed by atoms with van der Waals surface area (Å²) < 4.78 is 6.48. The van der Waals surface area contributed by atoms with Crippen LogP contribution >= 0.6 is 0 Å². The summed E-state index contributed by atoms with van der Waals surface area (Å²) in [5.74, 6) is 0.931. The monoisotopic (exact) mass is 269 g/mol. The molecule has 1 rings (SSSR count). The van der Waals surface area contributed by atoms with Crippen molar-refractivity contribution < 1.29 is 4.74 Å². The van der Waals surface area contributed by atoms with Crippen LogP contribution in [0.2, 0.25) is 0 Å². The molecule has 0 heterocycles. The van der Waals surface area contributed by atoms with E-state index in [0.717, 1.165) is 12.5 Å². The van der Waals surface area contributed by atoms with Crippen LogP contribution in [-0.4, -0.2) is 23.8 Å². The Kier molecular flexibility index (Phi) is 6.32. The second kappa shape index (κ2) is 7.08. The molecule has 0 aromatic carbocycles. The van der Waals surface area contributed by atoms with E-state index in [2.05, 4.69) is 46.9 Å². The minimum Gasteiger partial charge on any atom is -0.368 e. The first kappa shape index (κ1) is 17.0. The van der Waals surface area contributed by atoms with E-state index in [1.165, 1.54) is 38.5 Å². The molecule has 0 aliphatic heterocycles. The van der Waals surface area contributed by atoms with Gasteiger partial charge in [0.15, 0.2) is 0 Å². The fraction of sp³-hybridized carbons (Fsp3) is 1.00. The SMILES string of the molecule is CCCC1CCC(CNC(C)C)(OC(C)(C)C)CC1. The number of hydrogen-bond donors (Lipinski definition) is 1. The molecule has 19 heavy (non-hydrogen) atoms. The molecule has 0 unspecified atom stereocenters. The van der Waals surface area contributed by atoms with Gasteiger partial charge in [0, 0.05) is 12.6 Å². The summed E-state index contributed by atoms with van der Waals surface area (Å²) in [7, 11) is 0. The molecule has 0 bridgehead atoms. The van der Waals surface area contributed by atoms with Crippen molar-refractivity contribution in [2.45, 2.75) is 97.3 Å². The minimum absolute atomic E-state index is 0.0454. The number of ether oxygens (including phenoxy) is 1. The second-order valence-corrected chi connectivity index (χ2v) is 7.67. The van der Waals surface area contributed by atoms with E-state index in [1.54, 1.807) is 0 Å². The van der Waals surface area contributed by atoms with Gasteiger partial charge in [-0.15, -0.1) is 0 Å². The highest BCUT2D eigenvalue weighted by Crippen LogP contribution is 2.38. The van der Waals surface area contributed by atoms with Crippen molar-refractivity contribution in [1.82, 2.24) is 5.32 Å². The lowest BCUT2D eigenvalue weighted by Gasteiger charge is -2.44. The number of rotatable bonds is 6.